The summed E-state index contributed by atoms with van der Waals surface area (Å²) in [6.45, 7) is 5.30. The second kappa shape index (κ2) is 5.07. The molecule has 2 heterocycles. The van der Waals surface area contributed by atoms with Gasteiger partial charge in [0.25, 0.3) is 5.91 Å². The van der Waals surface area contributed by atoms with Crippen molar-refractivity contribution in [1.29, 1.82) is 0 Å². The number of rotatable bonds is 2. The molecule has 2 rings (SSSR count). The molecule has 6 nitrogen and oxygen atoms in total. The van der Waals surface area contributed by atoms with Gasteiger partial charge >= 0.3 is 0 Å². The van der Waals surface area contributed by atoms with Gasteiger partial charge in [0, 0.05) is 26.1 Å². The van der Waals surface area contributed by atoms with Crippen LogP contribution in [0.2, 0.25) is 0 Å². The van der Waals surface area contributed by atoms with Gasteiger partial charge in [-0.2, -0.15) is 0 Å². The van der Waals surface area contributed by atoms with E-state index in [9.17, 15) is 4.79 Å². The van der Waals surface area contributed by atoms with Crippen LogP contribution in [0.25, 0.3) is 0 Å². The molecule has 1 amide bonds. The predicted molar refractivity (Wildman–Crippen MR) is 59.2 cm³/mol. The topological polar surface area (TPSA) is 73.9 Å². The fraction of sp³-hybridized carbons (Fsp3) is 0.700. The van der Waals surface area contributed by atoms with Crippen LogP contribution in [-0.4, -0.2) is 52.2 Å². The van der Waals surface area contributed by atoms with Crippen LogP contribution < -0.4 is 5.32 Å². The van der Waals surface area contributed by atoms with Crippen molar-refractivity contribution in [3.63, 3.8) is 0 Å². The number of nitrogens with one attached hydrogen (secondary N) is 2. The molecule has 1 aromatic rings. The van der Waals surface area contributed by atoms with Gasteiger partial charge in [-0.15, -0.1) is 5.10 Å². The minimum atomic E-state index is -0.0698. The normalized spacial score (nSPS) is 17.2. The maximum atomic E-state index is 12.0. The lowest BCUT2D eigenvalue weighted by molar-refractivity contribution is 0.0754. The van der Waals surface area contributed by atoms with Crippen molar-refractivity contribution in [2.75, 3.05) is 26.2 Å². The van der Waals surface area contributed by atoms with Gasteiger partial charge in [-0.25, -0.2) is 4.98 Å². The van der Waals surface area contributed by atoms with E-state index in [-0.39, 0.29) is 5.91 Å². The van der Waals surface area contributed by atoms with Crippen LogP contribution in [0.4, 0.5) is 0 Å². The summed E-state index contributed by atoms with van der Waals surface area (Å²) in [7, 11) is 0. The first-order valence-corrected chi connectivity index (χ1v) is 5.72. The van der Waals surface area contributed by atoms with E-state index in [1.54, 1.807) is 0 Å². The van der Waals surface area contributed by atoms with Crippen molar-refractivity contribution in [2.24, 2.45) is 0 Å². The summed E-state index contributed by atoms with van der Waals surface area (Å²) in [5, 5.41) is 9.97. The van der Waals surface area contributed by atoms with Gasteiger partial charge < -0.3 is 10.2 Å². The molecule has 0 spiro atoms. The Morgan fingerprint density at radius 3 is 3.06 bits per heavy atom. The number of nitrogens with zero attached hydrogens (tertiary/aromatic N) is 3. The van der Waals surface area contributed by atoms with Gasteiger partial charge in [-0.1, -0.05) is 6.92 Å². The van der Waals surface area contributed by atoms with Gasteiger partial charge in [-0.05, 0) is 13.0 Å². The molecule has 2 N–H and O–H groups in total. The van der Waals surface area contributed by atoms with Crippen molar-refractivity contribution in [2.45, 2.75) is 19.8 Å². The second-order valence-corrected chi connectivity index (χ2v) is 3.86. The summed E-state index contributed by atoms with van der Waals surface area (Å²) in [6, 6.07) is 0. The summed E-state index contributed by atoms with van der Waals surface area (Å²) in [4.78, 5) is 18.0. The fourth-order valence-electron chi connectivity index (χ4n) is 1.74. The summed E-state index contributed by atoms with van der Waals surface area (Å²) in [6.07, 6.45) is 1.75. The average Bonchev–Trinajstić information content (AvgIpc) is 2.62. The largest absolute Gasteiger partial charge is 0.335 e. The zero-order valence-electron chi connectivity index (χ0n) is 9.49. The molecule has 1 saturated heterocycles. The molecule has 16 heavy (non-hydrogen) atoms. The van der Waals surface area contributed by atoms with Gasteiger partial charge in [0.15, 0.2) is 0 Å². The van der Waals surface area contributed by atoms with Gasteiger partial charge in [0.05, 0.1) is 0 Å². The molecule has 1 fully saturated rings. The number of amides is 1. The van der Waals surface area contributed by atoms with Gasteiger partial charge in [0.1, 0.15) is 5.82 Å². The SMILES string of the molecule is CCc1nc(C(=O)N2CCCNCC2)n[nH]1. The molecule has 1 aliphatic rings. The molecule has 0 unspecified atom stereocenters. The summed E-state index contributed by atoms with van der Waals surface area (Å²) >= 11 is 0. The van der Waals surface area contributed by atoms with Crippen LogP contribution in [0.5, 0.6) is 0 Å². The van der Waals surface area contributed by atoms with E-state index in [0.29, 0.717) is 5.82 Å². The Balaban J connectivity index is 2.05. The molecular weight excluding hydrogens is 206 g/mol. The lowest BCUT2D eigenvalue weighted by atomic mass is 10.3. The number of hydrogen-bond donors (Lipinski definition) is 2. The first-order valence-electron chi connectivity index (χ1n) is 5.72. The Hall–Kier alpha value is -1.43. The highest BCUT2D eigenvalue weighted by molar-refractivity contribution is 5.90. The lowest BCUT2D eigenvalue weighted by Gasteiger charge is -2.17. The maximum Gasteiger partial charge on any atom is 0.293 e. The fourth-order valence-corrected chi connectivity index (χ4v) is 1.74. The van der Waals surface area contributed by atoms with E-state index in [2.05, 4.69) is 20.5 Å². The summed E-state index contributed by atoms with van der Waals surface area (Å²) in [5.41, 5.74) is 0. The Labute approximate surface area is 94.4 Å². The van der Waals surface area contributed by atoms with Gasteiger partial charge in [0.2, 0.25) is 5.82 Å². The number of H-pyrrole nitrogens is 1. The first-order chi connectivity index (χ1) is 7.81. The van der Waals surface area contributed by atoms with E-state index in [0.717, 1.165) is 44.8 Å². The van der Waals surface area contributed by atoms with Crippen molar-refractivity contribution in [3.05, 3.63) is 11.6 Å². The molecule has 0 bridgehead atoms. The molecule has 0 saturated carbocycles. The number of carbonyl (C=O) groups excluding carboxylic acids is 1. The third-order valence-corrected chi connectivity index (χ3v) is 2.69. The Bertz CT molecular complexity index is 354. The van der Waals surface area contributed by atoms with Crippen LogP contribution in [-0.2, 0) is 6.42 Å². The third kappa shape index (κ3) is 2.38. The highest BCUT2D eigenvalue weighted by atomic mass is 16.2. The van der Waals surface area contributed by atoms with Crippen molar-refractivity contribution in [1.82, 2.24) is 25.4 Å². The van der Waals surface area contributed by atoms with E-state index in [4.69, 9.17) is 0 Å². The highest BCUT2D eigenvalue weighted by Crippen LogP contribution is 2.02. The van der Waals surface area contributed by atoms with Crippen molar-refractivity contribution < 1.29 is 4.79 Å². The van der Waals surface area contributed by atoms with Crippen LogP contribution in [0.3, 0.4) is 0 Å². The van der Waals surface area contributed by atoms with Crippen LogP contribution in [0.15, 0.2) is 0 Å². The first kappa shape index (κ1) is 11.1. The quantitative estimate of drug-likeness (QED) is 0.728. The molecule has 1 aromatic heterocycles. The minimum Gasteiger partial charge on any atom is -0.335 e. The van der Waals surface area contributed by atoms with Gasteiger partial charge in [-0.3, -0.25) is 9.89 Å². The molecule has 0 atom stereocenters. The van der Waals surface area contributed by atoms with Crippen LogP contribution in [0.1, 0.15) is 29.8 Å². The monoisotopic (exact) mass is 223 g/mol. The predicted octanol–water partition coefficient (Wildman–Crippen LogP) is -0.197. The van der Waals surface area contributed by atoms with E-state index < -0.39 is 0 Å². The maximum absolute atomic E-state index is 12.0. The van der Waals surface area contributed by atoms with Crippen LogP contribution in [0, 0.1) is 0 Å². The van der Waals surface area contributed by atoms with Crippen LogP contribution >= 0.6 is 0 Å². The molecule has 0 aromatic carbocycles. The number of carbonyl (C=O) groups is 1. The Morgan fingerprint density at radius 2 is 2.31 bits per heavy atom. The Kier molecular flexibility index (Phi) is 3.51. The standard InChI is InChI=1S/C10H17N5O/c1-2-8-12-9(14-13-8)10(16)15-6-3-4-11-5-7-15/h11H,2-7H2,1H3,(H,12,13,14). The number of hydrogen-bond acceptors (Lipinski definition) is 4. The van der Waals surface area contributed by atoms with E-state index in [1.165, 1.54) is 0 Å². The second-order valence-electron chi connectivity index (χ2n) is 3.86. The lowest BCUT2D eigenvalue weighted by Crippen LogP contribution is -2.34. The summed E-state index contributed by atoms with van der Waals surface area (Å²) < 4.78 is 0. The van der Waals surface area contributed by atoms with E-state index in [1.807, 2.05) is 11.8 Å². The minimum absolute atomic E-state index is 0.0698. The zero-order chi connectivity index (χ0) is 11.4. The number of aryl methyl sites for hydroxylation is 1. The molecule has 6 heteroatoms. The number of aromatic amines is 1. The van der Waals surface area contributed by atoms with E-state index >= 15 is 0 Å². The van der Waals surface area contributed by atoms with Crippen molar-refractivity contribution >= 4 is 5.91 Å². The molecule has 88 valence electrons. The summed E-state index contributed by atoms with van der Waals surface area (Å²) in [5.74, 6) is 0.981. The number of aromatic nitrogens is 3. The molecule has 0 radical (unpaired) electrons. The Morgan fingerprint density at radius 1 is 1.44 bits per heavy atom. The smallest absolute Gasteiger partial charge is 0.293 e. The molecular formula is C10H17N5O. The third-order valence-electron chi connectivity index (χ3n) is 2.69. The molecule has 1 aliphatic heterocycles. The van der Waals surface area contributed by atoms with Crippen molar-refractivity contribution in [3.8, 4) is 0 Å². The zero-order valence-corrected chi connectivity index (χ0v) is 9.49. The highest BCUT2D eigenvalue weighted by Gasteiger charge is 2.20. The molecule has 0 aliphatic carbocycles. The average molecular weight is 223 g/mol.